The molecule has 2 amide bonds. The number of piperazine rings is 1. The fourth-order valence-corrected chi connectivity index (χ4v) is 4.48. The quantitative estimate of drug-likeness (QED) is 0.729. The molecule has 2 aromatic rings. The molecule has 2 aromatic heterocycles. The van der Waals surface area contributed by atoms with Crippen LogP contribution in [0.1, 0.15) is 33.0 Å². The van der Waals surface area contributed by atoms with Crippen LogP contribution in [0.25, 0.3) is 0 Å². The van der Waals surface area contributed by atoms with E-state index in [1.165, 1.54) is 6.26 Å². The van der Waals surface area contributed by atoms with Crippen molar-refractivity contribution in [2.75, 3.05) is 64.8 Å². The number of hydrogen-bond donors (Lipinski definition) is 0. The average Bonchev–Trinajstić information content (AvgIpc) is 3.45. The molecule has 1 atom stereocenters. The van der Waals surface area contributed by atoms with Gasteiger partial charge in [-0.3, -0.25) is 9.59 Å². The maximum absolute atomic E-state index is 13.3. The molecule has 4 heterocycles. The Morgan fingerprint density at radius 1 is 1.16 bits per heavy atom. The Morgan fingerprint density at radius 2 is 1.94 bits per heavy atom. The predicted molar refractivity (Wildman–Crippen MR) is 118 cm³/mol. The number of carbonyl (C=O) groups excluding carboxylic acids is 2. The monoisotopic (exact) mass is 425 g/mol. The first-order valence-electron chi connectivity index (χ1n) is 10.9. The second-order valence-electron chi connectivity index (χ2n) is 8.68. The Morgan fingerprint density at radius 3 is 2.58 bits per heavy atom. The van der Waals surface area contributed by atoms with Crippen molar-refractivity contribution >= 4 is 17.6 Å². The molecule has 2 saturated heterocycles. The first-order valence-corrected chi connectivity index (χ1v) is 10.9. The van der Waals surface area contributed by atoms with Crippen LogP contribution in [0.4, 0.5) is 5.82 Å². The molecule has 0 bridgehead atoms. The minimum atomic E-state index is -0.0978. The van der Waals surface area contributed by atoms with Gasteiger partial charge < -0.3 is 24.0 Å². The summed E-state index contributed by atoms with van der Waals surface area (Å²) in [4.78, 5) is 38.6. The van der Waals surface area contributed by atoms with E-state index in [1.807, 2.05) is 31.0 Å². The number of pyridine rings is 1. The normalized spacial score (nSPS) is 19.6. The van der Waals surface area contributed by atoms with Crippen molar-refractivity contribution in [2.45, 2.75) is 13.3 Å². The standard InChI is InChI=1S/C23H31N5O3/c1-17-6-7-19(22(29)26(3)16-18-8-9-25(2)15-18)21(24-17)27-10-12-28(13-11-27)23(30)20-5-4-14-31-20/h4-7,14,18H,8-13,15-16H2,1-3H3. The summed E-state index contributed by atoms with van der Waals surface area (Å²) >= 11 is 0. The molecule has 0 saturated carbocycles. The van der Waals surface area contributed by atoms with Crippen LogP contribution in [-0.4, -0.2) is 91.4 Å². The highest BCUT2D eigenvalue weighted by atomic mass is 16.3. The van der Waals surface area contributed by atoms with Gasteiger partial charge in [0.05, 0.1) is 11.8 Å². The highest BCUT2D eigenvalue weighted by Gasteiger charge is 2.29. The number of likely N-dealkylation sites (tertiary alicyclic amines) is 1. The molecule has 0 spiro atoms. The van der Waals surface area contributed by atoms with Crippen LogP contribution in [0.15, 0.2) is 34.9 Å². The summed E-state index contributed by atoms with van der Waals surface area (Å²) in [7, 11) is 4.00. The average molecular weight is 426 g/mol. The summed E-state index contributed by atoms with van der Waals surface area (Å²) in [5.74, 6) is 1.49. The SMILES string of the molecule is Cc1ccc(C(=O)N(C)CC2CCN(C)C2)c(N2CCN(C(=O)c3ccco3)CC2)n1. The molecule has 2 aliphatic rings. The maximum atomic E-state index is 13.3. The van der Waals surface area contributed by atoms with E-state index in [-0.39, 0.29) is 11.8 Å². The first kappa shape index (κ1) is 21.4. The van der Waals surface area contributed by atoms with E-state index < -0.39 is 0 Å². The van der Waals surface area contributed by atoms with Gasteiger partial charge in [0.2, 0.25) is 0 Å². The number of hydrogen-bond acceptors (Lipinski definition) is 6. The van der Waals surface area contributed by atoms with Gasteiger partial charge in [-0.15, -0.1) is 0 Å². The number of rotatable bonds is 5. The number of nitrogens with zero attached hydrogens (tertiary/aromatic N) is 5. The van der Waals surface area contributed by atoms with Gasteiger partial charge in [-0.2, -0.15) is 0 Å². The van der Waals surface area contributed by atoms with E-state index in [2.05, 4.69) is 16.8 Å². The Balaban J connectivity index is 1.44. The van der Waals surface area contributed by atoms with Crippen LogP contribution < -0.4 is 4.90 Å². The molecule has 0 N–H and O–H groups in total. The van der Waals surface area contributed by atoms with Gasteiger partial charge in [-0.25, -0.2) is 4.98 Å². The van der Waals surface area contributed by atoms with E-state index in [4.69, 9.17) is 9.40 Å². The smallest absolute Gasteiger partial charge is 0.289 e. The van der Waals surface area contributed by atoms with Crippen molar-refractivity contribution in [2.24, 2.45) is 5.92 Å². The molecule has 0 aromatic carbocycles. The summed E-state index contributed by atoms with van der Waals surface area (Å²) < 4.78 is 5.24. The predicted octanol–water partition coefficient (Wildman–Crippen LogP) is 1.97. The Labute approximate surface area is 183 Å². The molecule has 0 aliphatic carbocycles. The van der Waals surface area contributed by atoms with E-state index in [0.29, 0.717) is 49.2 Å². The van der Waals surface area contributed by atoms with E-state index in [1.54, 1.807) is 17.0 Å². The largest absolute Gasteiger partial charge is 0.459 e. The summed E-state index contributed by atoms with van der Waals surface area (Å²) in [6.45, 7) is 7.18. The molecule has 0 radical (unpaired) electrons. The molecule has 31 heavy (non-hydrogen) atoms. The summed E-state index contributed by atoms with van der Waals surface area (Å²) in [6.07, 6.45) is 2.64. The Hall–Kier alpha value is -2.87. The lowest BCUT2D eigenvalue weighted by atomic mass is 10.1. The van der Waals surface area contributed by atoms with Gasteiger partial charge in [0.25, 0.3) is 11.8 Å². The number of amides is 2. The molecule has 4 rings (SSSR count). The van der Waals surface area contributed by atoms with Crippen LogP contribution in [-0.2, 0) is 0 Å². The van der Waals surface area contributed by atoms with Gasteiger partial charge >= 0.3 is 0 Å². The number of anilines is 1. The highest BCUT2D eigenvalue weighted by molar-refractivity contribution is 5.99. The van der Waals surface area contributed by atoms with Crippen molar-refractivity contribution in [1.29, 1.82) is 0 Å². The fraction of sp³-hybridized carbons (Fsp3) is 0.522. The van der Waals surface area contributed by atoms with Crippen molar-refractivity contribution < 1.29 is 14.0 Å². The third-order valence-corrected chi connectivity index (χ3v) is 6.21. The van der Waals surface area contributed by atoms with Gasteiger partial charge in [0.1, 0.15) is 5.82 Å². The molecule has 166 valence electrons. The van der Waals surface area contributed by atoms with Crippen LogP contribution in [0, 0.1) is 12.8 Å². The second kappa shape index (κ2) is 9.09. The number of aryl methyl sites for hydroxylation is 1. The lowest BCUT2D eigenvalue weighted by molar-refractivity contribution is 0.0711. The molecular formula is C23H31N5O3. The van der Waals surface area contributed by atoms with Crippen molar-refractivity contribution in [1.82, 2.24) is 19.7 Å². The van der Waals surface area contributed by atoms with Gasteiger partial charge in [0.15, 0.2) is 5.76 Å². The van der Waals surface area contributed by atoms with E-state index in [9.17, 15) is 9.59 Å². The maximum Gasteiger partial charge on any atom is 0.289 e. The van der Waals surface area contributed by atoms with E-state index >= 15 is 0 Å². The summed E-state index contributed by atoms with van der Waals surface area (Å²) in [5, 5.41) is 0. The number of furan rings is 1. The van der Waals surface area contributed by atoms with Crippen LogP contribution in [0.3, 0.4) is 0 Å². The number of aromatic nitrogens is 1. The third kappa shape index (κ3) is 4.74. The minimum Gasteiger partial charge on any atom is -0.459 e. The summed E-state index contributed by atoms with van der Waals surface area (Å²) in [6, 6.07) is 7.19. The van der Waals surface area contributed by atoms with E-state index in [0.717, 1.165) is 31.7 Å². The van der Waals surface area contributed by atoms with Crippen LogP contribution >= 0.6 is 0 Å². The molecule has 8 heteroatoms. The van der Waals surface area contributed by atoms with Crippen molar-refractivity contribution in [3.05, 3.63) is 47.5 Å². The Kier molecular flexibility index (Phi) is 6.27. The number of carbonyl (C=O) groups is 2. The fourth-order valence-electron chi connectivity index (χ4n) is 4.48. The molecule has 2 fully saturated rings. The third-order valence-electron chi connectivity index (χ3n) is 6.21. The van der Waals surface area contributed by atoms with Crippen molar-refractivity contribution in [3.8, 4) is 0 Å². The first-order chi connectivity index (χ1) is 14.9. The zero-order valence-electron chi connectivity index (χ0n) is 18.6. The lowest BCUT2D eigenvalue weighted by Crippen LogP contribution is -2.49. The summed E-state index contributed by atoms with van der Waals surface area (Å²) in [5.41, 5.74) is 1.51. The highest BCUT2D eigenvalue weighted by Crippen LogP contribution is 2.24. The topological polar surface area (TPSA) is 73.1 Å². The van der Waals surface area contributed by atoms with Crippen LogP contribution in [0.5, 0.6) is 0 Å². The minimum absolute atomic E-state index is 0.00569. The van der Waals surface area contributed by atoms with Gasteiger partial charge in [0, 0.05) is 52.0 Å². The molecule has 2 aliphatic heterocycles. The van der Waals surface area contributed by atoms with Crippen molar-refractivity contribution in [3.63, 3.8) is 0 Å². The Bertz CT molecular complexity index is 921. The molecule has 1 unspecified atom stereocenters. The molecular weight excluding hydrogens is 394 g/mol. The van der Waals surface area contributed by atoms with Gasteiger partial charge in [-0.1, -0.05) is 0 Å². The second-order valence-corrected chi connectivity index (χ2v) is 8.68. The lowest BCUT2D eigenvalue weighted by Gasteiger charge is -2.36. The van der Waals surface area contributed by atoms with Crippen LogP contribution in [0.2, 0.25) is 0 Å². The zero-order chi connectivity index (χ0) is 22.0. The zero-order valence-corrected chi connectivity index (χ0v) is 18.6. The molecule has 8 nitrogen and oxygen atoms in total. The van der Waals surface area contributed by atoms with Gasteiger partial charge in [-0.05, 0) is 57.1 Å².